The fourth-order valence-corrected chi connectivity index (χ4v) is 3.97. The summed E-state index contributed by atoms with van der Waals surface area (Å²) in [5, 5.41) is 0. The second-order valence-electron chi connectivity index (χ2n) is 10.7. The molecule has 0 radical (unpaired) electrons. The molecule has 2 heterocycles. The standard InChI is InChI=1S/C27H35F2N3O6/c1-9-27(28,29)22-23(31-19-12-17(35-8)10-11-18(19)30-22)37-20-13-32(25(34)38-26(5,6)7)21(16(20)4)24(33)36-14-15(2)3/h9-12,15-16,20-21H,1,13-14H2,2-8H3/t16-,20+,21+/m1/s1. The Balaban J connectivity index is 2.02. The zero-order valence-corrected chi connectivity index (χ0v) is 22.8. The lowest BCUT2D eigenvalue weighted by molar-refractivity contribution is -0.151. The molecule has 11 heteroatoms. The van der Waals surface area contributed by atoms with Crippen molar-refractivity contribution in [2.75, 3.05) is 20.3 Å². The molecule has 3 rings (SSSR count). The van der Waals surface area contributed by atoms with Crippen molar-refractivity contribution in [2.45, 2.75) is 65.2 Å². The minimum atomic E-state index is -3.56. The Bertz CT molecular complexity index is 1200. The van der Waals surface area contributed by atoms with Gasteiger partial charge in [0.05, 0.1) is 31.3 Å². The van der Waals surface area contributed by atoms with Crippen molar-refractivity contribution in [3.8, 4) is 11.6 Å². The van der Waals surface area contributed by atoms with Gasteiger partial charge in [0.1, 0.15) is 23.5 Å². The van der Waals surface area contributed by atoms with Crippen LogP contribution in [0.2, 0.25) is 0 Å². The molecule has 1 saturated heterocycles. The van der Waals surface area contributed by atoms with Crippen molar-refractivity contribution < 1.29 is 37.3 Å². The maximum Gasteiger partial charge on any atom is 0.411 e. The molecule has 0 N–H and O–H groups in total. The van der Waals surface area contributed by atoms with Crippen LogP contribution in [0.1, 0.15) is 47.2 Å². The highest BCUT2D eigenvalue weighted by Crippen LogP contribution is 2.38. The molecule has 1 aliphatic rings. The smallest absolute Gasteiger partial charge is 0.411 e. The molecule has 1 amide bonds. The van der Waals surface area contributed by atoms with E-state index in [0.717, 1.165) is 0 Å². The first-order chi connectivity index (χ1) is 17.7. The summed E-state index contributed by atoms with van der Waals surface area (Å²) < 4.78 is 51.9. The van der Waals surface area contributed by atoms with Crippen LogP contribution < -0.4 is 9.47 Å². The van der Waals surface area contributed by atoms with E-state index < -0.39 is 53.2 Å². The van der Waals surface area contributed by atoms with Gasteiger partial charge in [-0.2, -0.15) is 8.78 Å². The average molecular weight is 536 g/mol. The highest BCUT2D eigenvalue weighted by molar-refractivity contribution is 5.83. The number of fused-ring (bicyclic) bond motifs is 1. The van der Waals surface area contributed by atoms with Gasteiger partial charge in [0.15, 0.2) is 5.69 Å². The number of carbonyl (C=O) groups excluding carboxylic acids is 2. The SMILES string of the molecule is C=CC(F)(F)c1nc2ccc(OC)cc2nc1O[C@H]1CN(C(=O)OC(C)(C)C)[C@H](C(=O)OCC(C)C)[C@@H]1C. The van der Waals surface area contributed by atoms with Gasteiger partial charge in [-0.3, -0.25) is 4.90 Å². The quantitative estimate of drug-likeness (QED) is 0.339. The second-order valence-corrected chi connectivity index (χ2v) is 10.7. The van der Waals surface area contributed by atoms with Crippen LogP contribution >= 0.6 is 0 Å². The van der Waals surface area contributed by atoms with E-state index in [2.05, 4.69) is 16.5 Å². The number of hydrogen-bond acceptors (Lipinski definition) is 8. The third-order valence-electron chi connectivity index (χ3n) is 5.90. The number of benzene rings is 1. The van der Waals surface area contributed by atoms with Crippen LogP contribution in [0, 0.1) is 11.8 Å². The molecule has 0 aliphatic carbocycles. The number of carbonyl (C=O) groups is 2. The molecular weight excluding hydrogens is 500 g/mol. The number of hydrogen-bond donors (Lipinski definition) is 0. The van der Waals surface area contributed by atoms with Gasteiger partial charge in [-0.25, -0.2) is 19.6 Å². The van der Waals surface area contributed by atoms with Gasteiger partial charge in [-0.15, -0.1) is 0 Å². The molecule has 0 unspecified atom stereocenters. The maximum atomic E-state index is 14.9. The number of likely N-dealkylation sites (tertiary alicyclic amines) is 1. The van der Waals surface area contributed by atoms with E-state index in [4.69, 9.17) is 18.9 Å². The van der Waals surface area contributed by atoms with Crippen molar-refractivity contribution >= 4 is 23.1 Å². The topological polar surface area (TPSA) is 100 Å². The van der Waals surface area contributed by atoms with Crippen LogP contribution in [0.25, 0.3) is 11.0 Å². The minimum Gasteiger partial charge on any atom is -0.497 e. The van der Waals surface area contributed by atoms with Crippen molar-refractivity contribution in [3.05, 3.63) is 36.5 Å². The summed E-state index contributed by atoms with van der Waals surface area (Å²) in [4.78, 5) is 35.7. The largest absolute Gasteiger partial charge is 0.497 e. The molecule has 0 bridgehead atoms. The first kappa shape index (κ1) is 29.1. The first-order valence-electron chi connectivity index (χ1n) is 12.4. The number of aromatic nitrogens is 2. The third-order valence-corrected chi connectivity index (χ3v) is 5.90. The van der Waals surface area contributed by atoms with Crippen LogP contribution in [0.15, 0.2) is 30.9 Å². The van der Waals surface area contributed by atoms with Gasteiger partial charge in [-0.1, -0.05) is 27.4 Å². The molecule has 38 heavy (non-hydrogen) atoms. The summed E-state index contributed by atoms with van der Waals surface area (Å²) in [7, 11) is 1.47. The summed E-state index contributed by atoms with van der Waals surface area (Å²) in [6, 6.07) is 3.59. The predicted octanol–water partition coefficient (Wildman–Crippen LogP) is 5.12. The molecule has 0 spiro atoms. The van der Waals surface area contributed by atoms with E-state index >= 15 is 0 Å². The number of allylic oxidation sites excluding steroid dienone is 1. The van der Waals surface area contributed by atoms with Crippen molar-refractivity contribution in [1.29, 1.82) is 0 Å². The minimum absolute atomic E-state index is 0.0752. The van der Waals surface area contributed by atoms with Crippen molar-refractivity contribution in [3.63, 3.8) is 0 Å². The number of rotatable bonds is 8. The number of amides is 1. The maximum absolute atomic E-state index is 14.9. The predicted molar refractivity (Wildman–Crippen MR) is 136 cm³/mol. The van der Waals surface area contributed by atoms with Crippen LogP contribution in [-0.2, 0) is 20.2 Å². The Morgan fingerprint density at radius 3 is 2.47 bits per heavy atom. The molecule has 1 aliphatic heterocycles. The summed E-state index contributed by atoms with van der Waals surface area (Å²) in [6.45, 7) is 13.8. The lowest BCUT2D eigenvalue weighted by atomic mass is 10.0. The Hall–Kier alpha value is -3.50. The zero-order chi connectivity index (χ0) is 28.4. The summed E-state index contributed by atoms with van der Waals surface area (Å²) in [5.41, 5.74) is -1.08. The zero-order valence-electron chi connectivity index (χ0n) is 22.8. The molecule has 208 valence electrons. The average Bonchev–Trinajstić information content (AvgIpc) is 3.16. The van der Waals surface area contributed by atoms with Crippen molar-refractivity contribution in [1.82, 2.24) is 14.9 Å². The fourth-order valence-electron chi connectivity index (χ4n) is 3.97. The first-order valence-corrected chi connectivity index (χ1v) is 12.4. The van der Waals surface area contributed by atoms with E-state index in [1.54, 1.807) is 39.8 Å². The van der Waals surface area contributed by atoms with Gasteiger partial charge in [-0.05, 0) is 44.9 Å². The Kier molecular flexibility index (Phi) is 8.48. The molecule has 0 saturated carbocycles. The van der Waals surface area contributed by atoms with Crippen LogP contribution in [-0.4, -0.2) is 64.9 Å². The van der Waals surface area contributed by atoms with Crippen LogP contribution in [0.3, 0.4) is 0 Å². The summed E-state index contributed by atoms with van der Waals surface area (Å²) in [6.07, 6.45) is -1.18. The fraction of sp³-hybridized carbons (Fsp3) is 0.556. The Morgan fingerprint density at radius 1 is 1.21 bits per heavy atom. The molecule has 2 aromatic rings. The van der Waals surface area contributed by atoms with E-state index in [1.165, 1.54) is 18.1 Å². The number of halogens is 2. The number of alkyl halides is 2. The monoisotopic (exact) mass is 535 g/mol. The van der Waals surface area contributed by atoms with E-state index in [9.17, 15) is 18.4 Å². The Morgan fingerprint density at radius 2 is 1.89 bits per heavy atom. The normalized spacial score (nSPS) is 19.9. The molecule has 9 nitrogen and oxygen atoms in total. The van der Waals surface area contributed by atoms with E-state index in [-0.39, 0.29) is 30.1 Å². The number of methoxy groups -OCH3 is 1. The summed E-state index contributed by atoms with van der Waals surface area (Å²) >= 11 is 0. The highest BCUT2D eigenvalue weighted by Gasteiger charge is 2.50. The van der Waals surface area contributed by atoms with Gasteiger partial charge >= 0.3 is 18.0 Å². The lowest BCUT2D eigenvalue weighted by Crippen LogP contribution is -2.46. The Labute approximate surface area is 221 Å². The van der Waals surface area contributed by atoms with Gasteiger partial charge in [0, 0.05) is 12.0 Å². The molecule has 1 fully saturated rings. The number of esters is 1. The van der Waals surface area contributed by atoms with Crippen LogP contribution in [0.5, 0.6) is 11.6 Å². The van der Waals surface area contributed by atoms with Crippen molar-refractivity contribution in [2.24, 2.45) is 11.8 Å². The molecular formula is C27H35F2N3O6. The molecule has 1 aromatic carbocycles. The van der Waals surface area contributed by atoms with E-state index in [1.807, 2.05) is 13.8 Å². The van der Waals surface area contributed by atoms with Gasteiger partial charge in [0.25, 0.3) is 0 Å². The van der Waals surface area contributed by atoms with Gasteiger partial charge < -0.3 is 18.9 Å². The van der Waals surface area contributed by atoms with Gasteiger partial charge in [0.2, 0.25) is 5.88 Å². The summed E-state index contributed by atoms with van der Waals surface area (Å²) in [5.74, 6) is -4.73. The number of ether oxygens (including phenoxy) is 4. The lowest BCUT2D eigenvalue weighted by Gasteiger charge is -2.28. The second kappa shape index (κ2) is 11.1. The molecule has 3 atom stereocenters. The van der Waals surface area contributed by atoms with Crippen LogP contribution in [0.4, 0.5) is 13.6 Å². The number of nitrogens with zero attached hydrogens (tertiary/aromatic N) is 3. The van der Waals surface area contributed by atoms with E-state index in [0.29, 0.717) is 11.8 Å². The third kappa shape index (κ3) is 6.49. The highest BCUT2D eigenvalue weighted by atomic mass is 19.3. The molecule has 1 aromatic heterocycles.